The number of hydrogen-bond acceptors (Lipinski definition) is 6. The van der Waals surface area contributed by atoms with Gasteiger partial charge in [-0.2, -0.15) is 0 Å². The molecule has 2 amide bonds. The van der Waals surface area contributed by atoms with Crippen LogP contribution >= 0.6 is 27.7 Å². The lowest BCUT2D eigenvalue weighted by Crippen LogP contribution is -2.20. The van der Waals surface area contributed by atoms with E-state index in [1.54, 1.807) is 18.2 Å². The molecule has 4 rings (SSSR count). The SMILES string of the molecule is COc1cc(/C=C2/SC(=Nc3ccc(F)cc3)NC2=O)cc(Br)c1OCC(=O)Nc1ccc(F)cc1. The average molecular weight is 574 g/mol. The van der Waals surface area contributed by atoms with Gasteiger partial charge in [0, 0.05) is 5.69 Å². The highest BCUT2D eigenvalue weighted by Crippen LogP contribution is 2.38. The summed E-state index contributed by atoms with van der Waals surface area (Å²) < 4.78 is 37.7. The Morgan fingerprint density at radius 1 is 1.11 bits per heavy atom. The van der Waals surface area contributed by atoms with E-state index in [4.69, 9.17) is 9.47 Å². The van der Waals surface area contributed by atoms with Crippen LogP contribution in [0.5, 0.6) is 11.5 Å². The van der Waals surface area contributed by atoms with E-state index < -0.39 is 11.7 Å². The van der Waals surface area contributed by atoms with Gasteiger partial charge in [0.05, 0.1) is 22.2 Å². The fourth-order valence-corrected chi connectivity index (χ4v) is 4.51. The van der Waals surface area contributed by atoms with Gasteiger partial charge in [0.25, 0.3) is 11.8 Å². The number of methoxy groups -OCH3 is 1. The average Bonchev–Trinajstić information content (AvgIpc) is 3.19. The van der Waals surface area contributed by atoms with Crippen LogP contribution in [0.3, 0.4) is 0 Å². The van der Waals surface area contributed by atoms with Crippen molar-refractivity contribution in [2.75, 3.05) is 19.0 Å². The number of benzene rings is 3. The summed E-state index contributed by atoms with van der Waals surface area (Å²) in [6, 6.07) is 14.3. The van der Waals surface area contributed by atoms with Gasteiger partial charge in [0.15, 0.2) is 23.3 Å². The Morgan fingerprint density at radius 2 is 1.78 bits per heavy atom. The molecule has 0 bridgehead atoms. The molecule has 0 radical (unpaired) electrons. The number of amides is 2. The number of anilines is 1. The molecule has 36 heavy (non-hydrogen) atoms. The van der Waals surface area contributed by atoms with Gasteiger partial charge in [-0.15, -0.1) is 0 Å². The first kappa shape index (κ1) is 25.4. The molecule has 0 aliphatic carbocycles. The molecule has 184 valence electrons. The van der Waals surface area contributed by atoms with Crippen molar-refractivity contribution in [3.8, 4) is 11.5 Å². The van der Waals surface area contributed by atoms with Gasteiger partial charge in [-0.1, -0.05) is 0 Å². The number of thioether (sulfide) groups is 1. The van der Waals surface area contributed by atoms with Gasteiger partial charge in [-0.05, 0) is 100.0 Å². The minimum atomic E-state index is -0.436. The zero-order chi connectivity index (χ0) is 25.7. The number of carbonyl (C=O) groups excluding carboxylic acids is 2. The normalized spacial score (nSPS) is 15.2. The van der Waals surface area contributed by atoms with Gasteiger partial charge in [0.1, 0.15) is 11.6 Å². The van der Waals surface area contributed by atoms with Crippen LogP contribution in [-0.2, 0) is 9.59 Å². The molecule has 3 aromatic carbocycles. The van der Waals surface area contributed by atoms with Crippen LogP contribution in [0.1, 0.15) is 5.56 Å². The Balaban J connectivity index is 1.45. The van der Waals surface area contributed by atoms with Gasteiger partial charge in [-0.25, -0.2) is 13.8 Å². The molecule has 0 atom stereocenters. The zero-order valence-corrected chi connectivity index (χ0v) is 21.1. The molecule has 11 heteroatoms. The first-order valence-corrected chi connectivity index (χ1v) is 12.0. The third-order valence-electron chi connectivity index (χ3n) is 4.73. The number of amidine groups is 1. The molecule has 7 nitrogen and oxygen atoms in total. The molecule has 3 aromatic rings. The summed E-state index contributed by atoms with van der Waals surface area (Å²) in [7, 11) is 1.45. The fraction of sp³-hybridized carbons (Fsp3) is 0.0800. The molecule has 1 aliphatic rings. The maximum absolute atomic E-state index is 13.1. The number of ether oxygens (including phenoxy) is 2. The molecule has 0 aromatic heterocycles. The number of carbonyl (C=O) groups is 2. The van der Waals surface area contributed by atoms with E-state index in [9.17, 15) is 18.4 Å². The van der Waals surface area contributed by atoms with Gasteiger partial charge in [0.2, 0.25) is 0 Å². The molecular formula is C25H18BrF2N3O4S. The predicted octanol–water partition coefficient (Wildman–Crippen LogP) is 5.65. The highest BCUT2D eigenvalue weighted by Gasteiger charge is 2.24. The predicted molar refractivity (Wildman–Crippen MR) is 138 cm³/mol. The Morgan fingerprint density at radius 3 is 2.44 bits per heavy atom. The molecule has 0 saturated carbocycles. The highest BCUT2D eigenvalue weighted by atomic mass is 79.9. The van der Waals surface area contributed by atoms with E-state index in [0.717, 1.165) is 11.8 Å². The standard InChI is InChI=1S/C25H18BrF2N3O4S/c1-34-20-11-14(12-21-24(33)31-25(36-21)30-18-8-4-16(28)5-9-18)10-19(26)23(20)35-13-22(32)29-17-6-2-15(27)3-7-17/h2-12H,13H2,1H3,(H,29,32)(H,30,31,33)/b21-12+. The van der Waals surface area contributed by atoms with Gasteiger partial charge >= 0.3 is 0 Å². The molecule has 1 heterocycles. The molecular weight excluding hydrogens is 556 g/mol. The maximum atomic E-state index is 13.1. The van der Waals surface area contributed by atoms with E-state index in [-0.39, 0.29) is 18.3 Å². The number of nitrogens with one attached hydrogen (secondary N) is 2. The van der Waals surface area contributed by atoms with Crippen LogP contribution in [0.15, 0.2) is 75.0 Å². The third kappa shape index (κ3) is 6.49. The molecule has 2 N–H and O–H groups in total. The van der Waals surface area contributed by atoms with E-state index in [1.807, 2.05) is 0 Å². The Hall–Kier alpha value is -3.70. The van der Waals surface area contributed by atoms with Crippen molar-refractivity contribution in [2.24, 2.45) is 4.99 Å². The fourth-order valence-electron chi connectivity index (χ4n) is 3.10. The largest absolute Gasteiger partial charge is 0.493 e. The first-order chi connectivity index (χ1) is 17.3. The summed E-state index contributed by atoms with van der Waals surface area (Å²) in [4.78, 5) is 29.3. The van der Waals surface area contributed by atoms with E-state index >= 15 is 0 Å². The molecule has 1 saturated heterocycles. The second-order valence-electron chi connectivity index (χ2n) is 7.34. The van der Waals surface area contributed by atoms with Crippen molar-refractivity contribution >= 4 is 62.1 Å². The van der Waals surface area contributed by atoms with Crippen LogP contribution < -0.4 is 20.1 Å². The summed E-state index contributed by atoms with van der Waals surface area (Å²) in [5.41, 5.74) is 1.59. The number of rotatable bonds is 7. The van der Waals surface area contributed by atoms with Crippen LogP contribution in [0.25, 0.3) is 6.08 Å². The molecule has 0 unspecified atom stereocenters. The van der Waals surface area contributed by atoms with Crippen molar-refractivity contribution < 1.29 is 27.8 Å². The maximum Gasteiger partial charge on any atom is 0.264 e. The summed E-state index contributed by atoms with van der Waals surface area (Å²) in [5, 5.41) is 5.66. The van der Waals surface area contributed by atoms with E-state index in [0.29, 0.717) is 43.0 Å². The van der Waals surface area contributed by atoms with Crippen LogP contribution in [0, 0.1) is 11.6 Å². The van der Waals surface area contributed by atoms with Crippen molar-refractivity contribution in [3.05, 3.63) is 87.2 Å². The minimum Gasteiger partial charge on any atom is -0.493 e. The molecule has 0 spiro atoms. The number of halogens is 3. The van der Waals surface area contributed by atoms with E-state index in [1.165, 1.54) is 55.6 Å². The number of nitrogens with zero attached hydrogens (tertiary/aromatic N) is 1. The lowest BCUT2D eigenvalue weighted by molar-refractivity contribution is -0.118. The summed E-state index contributed by atoms with van der Waals surface area (Å²) in [6.45, 7) is -0.311. The summed E-state index contributed by atoms with van der Waals surface area (Å²) in [6.07, 6.45) is 1.66. The van der Waals surface area contributed by atoms with Crippen LogP contribution in [0.2, 0.25) is 0 Å². The summed E-state index contributed by atoms with van der Waals surface area (Å²) >= 11 is 4.57. The molecule has 1 aliphatic heterocycles. The van der Waals surface area contributed by atoms with Gasteiger partial charge in [-0.3, -0.25) is 9.59 Å². The number of aliphatic imine (C=N–C) groups is 1. The van der Waals surface area contributed by atoms with E-state index in [2.05, 4.69) is 31.6 Å². The van der Waals surface area contributed by atoms with Crippen molar-refractivity contribution in [2.45, 2.75) is 0 Å². The quantitative estimate of drug-likeness (QED) is 0.357. The first-order valence-electron chi connectivity index (χ1n) is 10.4. The second kappa shape index (κ2) is 11.4. The monoisotopic (exact) mass is 573 g/mol. The van der Waals surface area contributed by atoms with Crippen molar-refractivity contribution in [3.63, 3.8) is 0 Å². The number of hydrogen-bond donors (Lipinski definition) is 2. The second-order valence-corrected chi connectivity index (χ2v) is 9.22. The molecule has 1 fully saturated rings. The summed E-state index contributed by atoms with van der Waals surface area (Å²) in [5.74, 6) is -0.895. The Kier molecular flexibility index (Phi) is 8.01. The van der Waals surface area contributed by atoms with Crippen molar-refractivity contribution in [1.29, 1.82) is 0 Å². The highest BCUT2D eigenvalue weighted by molar-refractivity contribution is 9.10. The topological polar surface area (TPSA) is 89.0 Å². The third-order valence-corrected chi connectivity index (χ3v) is 6.23. The minimum absolute atomic E-state index is 0.302. The lowest BCUT2D eigenvalue weighted by atomic mass is 10.2. The van der Waals surface area contributed by atoms with Crippen molar-refractivity contribution in [1.82, 2.24) is 5.32 Å². The lowest BCUT2D eigenvalue weighted by Gasteiger charge is -2.14. The van der Waals surface area contributed by atoms with Gasteiger partial charge < -0.3 is 20.1 Å². The van der Waals surface area contributed by atoms with Crippen LogP contribution in [0.4, 0.5) is 20.2 Å². The van der Waals surface area contributed by atoms with Crippen LogP contribution in [-0.4, -0.2) is 30.7 Å². The smallest absolute Gasteiger partial charge is 0.264 e. The Labute approximate surface area is 217 Å². The Bertz CT molecular complexity index is 1360. The zero-order valence-electron chi connectivity index (χ0n) is 18.7.